The van der Waals surface area contributed by atoms with Gasteiger partial charge in [0.25, 0.3) is 5.56 Å². The van der Waals surface area contributed by atoms with Gasteiger partial charge in [0.2, 0.25) is 0 Å². The van der Waals surface area contributed by atoms with Crippen LogP contribution in [0.15, 0.2) is 41.2 Å². The first-order valence-electron chi connectivity index (χ1n) is 8.92. The summed E-state index contributed by atoms with van der Waals surface area (Å²) in [7, 11) is 3.02. The fourth-order valence-electron chi connectivity index (χ4n) is 2.85. The number of halogens is 1. The van der Waals surface area contributed by atoms with Crippen molar-refractivity contribution in [2.45, 2.75) is 13.5 Å². The van der Waals surface area contributed by atoms with Crippen LogP contribution in [0.25, 0.3) is 10.9 Å². The molecule has 0 unspecified atom stereocenters. The number of H-pyrrole nitrogens is 1. The summed E-state index contributed by atoms with van der Waals surface area (Å²) in [5, 5.41) is 3.61. The summed E-state index contributed by atoms with van der Waals surface area (Å²) < 4.78 is 24.4. The molecule has 29 heavy (non-hydrogen) atoms. The van der Waals surface area contributed by atoms with Crippen LogP contribution < -0.4 is 20.3 Å². The van der Waals surface area contributed by atoms with Crippen molar-refractivity contribution in [1.82, 2.24) is 14.9 Å². The Morgan fingerprint density at radius 1 is 1.24 bits per heavy atom. The molecule has 0 spiro atoms. The zero-order chi connectivity index (χ0) is 21.0. The van der Waals surface area contributed by atoms with Crippen molar-refractivity contribution in [3.8, 4) is 11.5 Å². The molecule has 0 aliphatic carbocycles. The predicted molar refractivity (Wildman–Crippen MR) is 114 cm³/mol. The highest BCUT2D eigenvalue weighted by molar-refractivity contribution is 7.80. The largest absolute Gasteiger partial charge is 0.493 e. The summed E-state index contributed by atoms with van der Waals surface area (Å²) in [6.45, 7) is 2.69. The normalized spacial score (nSPS) is 10.6. The second-order valence-corrected chi connectivity index (χ2v) is 6.55. The molecular weight excluding hydrogens is 395 g/mol. The van der Waals surface area contributed by atoms with Crippen LogP contribution in [0.2, 0.25) is 0 Å². The molecule has 0 aliphatic heterocycles. The highest BCUT2D eigenvalue weighted by atomic mass is 32.1. The molecule has 0 atom stereocenters. The van der Waals surface area contributed by atoms with Crippen LogP contribution in [0.3, 0.4) is 0 Å². The SMILES string of the molecule is CCN(Cc1nc2cc(OC)c(OC)cc2c(=O)[nH]1)C(=S)Nc1ccccc1F. The van der Waals surface area contributed by atoms with Crippen LogP contribution in [-0.4, -0.2) is 40.7 Å². The molecule has 1 heterocycles. The number of fused-ring (bicyclic) bond motifs is 1. The molecule has 9 heteroatoms. The molecule has 2 aromatic carbocycles. The third-order valence-corrected chi connectivity index (χ3v) is 4.75. The average Bonchev–Trinajstić information content (AvgIpc) is 2.72. The fraction of sp³-hybridized carbons (Fsp3) is 0.250. The van der Waals surface area contributed by atoms with Crippen molar-refractivity contribution < 1.29 is 13.9 Å². The monoisotopic (exact) mass is 416 g/mol. The lowest BCUT2D eigenvalue weighted by atomic mass is 10.2. The molecule has 0 bridgehead atoms. The summed E-state index contributed by atoms with van der Waals surface area (Å²) in [5.74, 6) is 0.956. The van der Waals surface area contributed by atoms with Gasteiger partial charge in [0.15, 0.2) is 16.6 Å². The predicted octanol–water partition coefficient (Wildman–Crippen LogP) is 3.30. The van der Waals surface area contributed by atoms with Gasteiger partial charge in [0, 0.05) is 12.6 Å². The van der Waals surface area contributed by atoms with E-state index in [1.165, 1.54) is 20.3 Å². The lowest BCUT2D eigenvalue weighted by Gasteiger charge is -2.24. The minimum atomic E-state index is -0.399. The molecule has 0 radical (unpaired) electrons. The summed E-state index contributed by atoms with van der Waals surface area (Å²) in [6, 6.07) is 9.52. The van der Waals surface area contributed by atoms with Crippen molar-refractivity contribution in [3.05, 3.63) is 58.4 Å². The van der Waals surface area contributed by atoms with E-state index in [-0.39, 0.29) is 17.8 Å². The van der Waals surface area contributed by atoms with E-state index in [4.69, 9.17) is 21.7 Å². The van der Waals surface area contributed by atoms with Gasteiger partial charge in [-0.1, -0.05) is 12.1 Å². The molecule has 0 saturated heterocycles. The van der Waals surface area contributed by atoms with E-state index < -0.39 is 5.82 Å². The first-order valence-corrected chi connectivity index (χ1v) is 9.33. The van der Waals surface area contributed by atoms with E-state index >= 15 is 0 Å². The molecular formula is C20H21FN4O3S. The lowest BCUT2D eigenvalue weighted by Crippen LogP contribution is -2.35. The topological polar surface area (TPSA) is 79.5 Å². The maximum absolute atomic E-state index is 13.9. The quantitative estimate of drug-likeness (QED) is 0.597. The minimum Gasteiger partial charge on any atom is -0.493 e. The van der Waals surface area contributed by atoms with Crippen LogP contribution >= 0.6 is 12.2 Å². The van der Waals surface area contributed by atoms with Crippen LogP contribution in [-0.2, 0) is 6.54 Å². The molecule has 7 nitrogen and oxygen atoms in total. The fourth-order valence-corrected chi connectivity index (χ4v) is 3.16. The van der Waals surface area contributed by atoms with Crippen molar-refractivity contribution >= 4 is 33.9 Å². The molecule has 152 valence electrons. The lowest BCUT2D eigenvalue weighted by molar-refractivity contribution is 0.355. The van der Waals surface area contributed by atoms with E-state index in [1.807, 2.05) is 6.92 Å². The summed E-state index contributed by atoms with van der Waals surface area (Å²) in [5.41, 5.74) is 0.466. The molecule has 1 aromatic heterocycles. The second-order valence-electron chi connectivity index (χ2n) is 6.16. The number of methoxy groups -OCH3 is 2. The molecule has 0 amide bonds. The number of hydrogen-bond donors (Lipinski definition) is 2. The number of aromatic amines is 1. The molecule has 0 fully saturated rings. The van der Waals surface area contributed by atoms with Crippen molar-refractivity contribution in [1.29, 1.82) is 0 Å². The second kappa shape index (κ2) is 8.87. The number of nitrogens with zero attached hydrogens (tertiary/aromatic N) is 2. The van der Waals surface area contributed by atoms with Gasteiger partial charge >= 0.3 is 0 Å². The third-order valence-electron chi connectivity index (χ3n) is 4.38. The molecule has 3 rings (SSSR count). The van der Waals surface area contributed by atoms with Gasteiger partial charge in [-0.25, -0.2) is 9.37 Å². The molecule has 3 aromatic rings. The number of nitrogens with one attached hydrogen (secondary N) is 2. The number of ether oxygens (including phenoxy) is 2. The standard InChI is InChI=1S/C20H21FN4O3S/c1-4-25(20(29)23-14-8-6-5-7-13(14)21)11-18-22-15-10-17(28-3)16(27-2)9-12(15)19(26)24-18/h5-10H,4,11H2,1-3H3,(H,23,29)(H,22,24,26). The smallest absolute Gasteiger partial charge is 0.258 e. The van der Waals surface area contributed by atoms with Crippen LogP contribution in [0.4, 0.5) is 10.1 Å². The van der Waals surface area contributed by atoms with Crippen molar-refractivity contribution in [2.24, 2.45) is 0 Å². The average molecular weight is 416 g/mol. The van der Waals surface area contributed by atoms with Gasteiger partial charge in [-0.3, -0.25) is 4.79 Å². The molecule has 0 aliphatic rings. The van der Waals surface area contributed by atoms with Gasteiger partial charge in [0.1, 0.15) is 11.6 Å². The van der Waals surface area contributed by atoms with Gasteiger partial charge < -0.3 is 24.7 Å². The van der Waals surface area contributed by atoms with Crippen LogP contribution in [0.5, 0.6) is 11.5 Å². The zero-order valence-corrected chi connectivity index (χ0v) is 17.1. The van der Waals surface area contributed by atoms with E-state index in [1.54, 1.807) is 35.2 Å². The van der Waals surface area contributed by atoms with Crippen LogP contribution in [0, 0.1) is 5.82 Å². The van der Waals surface area contributed by atoms with E-state index in [0.717, 1.165) is 0 Å². The maximum Gasteiger partial charge on any atom is 0.258 e. The number of thiocarbonyl (C=S) groups is 1. The Morgan fingerprint density at radius 2 is 1.93 bits per heavy atom. The first kappa shape index (κ1) is 20.5. The number of rotatable bonds is 6. The maximum atomic E-state index is 13.9. The Labute approximate surface area is 172 Å². The minimum absolute atomic E-state index is 0.246. The number of para-hydroxylation sites is 1. The molecule has 0 saturated carbocycles. The highest BCUT2D eigenvalue weighted by Crippen LogP contribution is 2.30. The Balaban J connectivity index is 1.88. The van der Waals surface area contributed by atoms with Crippen molar-refractivity contribution in [2.75, 3.05) is 26.1 Å². The van der Waals surface area contributed by atoms with E-state index in [2.05, 4.69) is 15.3 Å². The Kier molecular flexibility index (Phi) is 6.28. The van der Waals surface area contributed by atoms with E-state index in [9.17, 15) is 9.18 Å². The summed E-state index contributed by atoms with van der Waals surface area (Å²) in [4.78, 5) is 21.6. The number of anilines is 1. The Hall–Kier alpha value is -3.20. The summed E-state index contributed by atoms with van der Waals surface area (Å²) >= 11 is 5.41. The zero-order valence-electron chi connectivity index (χ0n) is 16.3. The molecule has 2 N–H and O–H groups in total. The van der Waals surface area contributed by atoms with E-state index in [0.29, 0.717) is 39.9 Å². The Morgan fingerprint density at radius 3 is 2.59 bits per heavy atom. The highest BCUT2D eigenvalue weighted by Gasteiger charge is 2.15. The van der Waals surface area contributed by atoms with Gasteiger partial charge in [-0.2, -0.15) is 0 Å². The number of aromatic nitrogens is 2. The first-order chi connectivity index (χ1) is 14.0. The Bertz CT molecular complexity index is 1100. The van der Waals surface area contributed by atoms with Gasteiger partial charge in [-0.05, 0) is 37.3 Å². The van der Waals surface area contributed by atoms with Gasteiger partial charge in [-0.15, -0.1) is 0 Å². The van der Waals surface area contributed by atoms with Gasteiger partial charge in [0.05, 0.1) is 37.4 Å². The van der Waals surface area contributed by atoms with Crippen LogP contribution in [0.1, 0.15) is 12.7 Å². The third kappa shape index (κ3) is 4.45. The number of hydrogen-bond acceptors (Lipinski definition) is 5. The van der Waals surface area contributed by atoms with Crippen molar-refractivity contribution in [3.63, 3.8) is 0 Å². The number of benzene rings is 2. The summed E-state index contributed by atoms with van der Waals surface area (Å²) in [6.07, 6.45) is 0.